The number of fused-ring (bicyclic) bond motifs is 4. The standard InChI is InChI=1S/C25H29N3O3.C24H27N3O3/c1-31-17-5-4-15-10-22-20-9-16-8-18(23(26)29)24(30)27-21(16)12-25(20,19(15)11-17)6-7-28(22)13-14-2-3-14;25-22(29)17-7-15-8-19-21-9-14-3-4-16(28)10-18(14)24(19,11-20(15)26-23(17)30)5-6-27(21)12-13-1-2-13/h4-5,8,11,14,20,22H,2-3,6-7,9-10,12-13H2,1H3,(H2,26,29)(H,27,30);3-4,7,10,13,19,21,28H,1-2,5-6,8-9,11-12H2,(H2,25,29)(H,26,30)/t20-,22+,25+;19-,21+,24+/m00/s1. The predicted molar refractivity (Wildman–Crippen MR) is 230 cm³/mol. The molecule has 2 aromatic heterocycles. The first-order valence-electron chi connectivity index (χ1n) is 22.5. The molecule has 2 aromatic carbocycles. The summed E-state index contributed by atoms with van der Waals surface area (Å²) in [5, 5.41) is 10.3. The number of phenolic OH excluding ortho intramolecular Hbond substituents is 1. The Labute approximate surface area is 355 Å². The predicted octanol–water partition coefficient (Wildman–Crippen LogP) is 4.05. The van der Waals surface area contributed by atoms with Gasteiger partial charge in [0.1, 0.15) is 22.6 Å². The lowest BCUT2D eigenvalue weighted by Gasteiger charge is -2.59. The van der Waals surface area contributed by atoms with Crippen molar-refractivity contribution in [3.05, 3.63) is 125 Å². The Morgan fingerprint density at radius 2 is 1.16 bits per heavy atom. The van der Waals surface area contributed by atoms with E-state index in [0.29, 0.717) is 29.7 Å². The zero-order chi connectivity index (χ0) is 41.9. The number of primary amides is 2. The SMILES string of the molecule is COc1ccc2c(c1)[C@]13CCN(CC4CC4)[C@H](C2)[C@@H]1Cc1cc(C(N)=O)c(=O)[nH]c1C3.NC(=O)c1cc2c([nH]c1=O)C[C@]13CCN(CC4CC4)[C@H](Cc4ccc(O)cc41)[C@@H]3C2. The fourth-order valence-corrected chi connectivity index (χ4v) is 13.2. The minimum Gasteiger partial charge on any atom is -0.508 e. The number of hydrogen-bond acceptors (Lipinski definition) is 8. The van der Waals surface area contributed by atoms with Gasteiger partial charge in [-0.15, -0.1) is 0 Å². The van der Waals surface area contributed by atoms with Gasteiger partial charge in [-0.3, -0.25) is 29.0 Å². The van der Waals surface area contributed by atoms with E-state index in [1.54, 1.807) is 25.3 Å². The van der Waals surface area contributed by atoms with Crippen LogP contribution >= 0.6 is 0 Å². The first-order chi connectivity index (χ1) is 29.4. The van der Waals surface area contributed by atoms with Crippen LogP contribution in [-0.2, 0) is 49.4 Å². The van der Waals surface area contributed by atoms with E-state index in [4.69, 9.17) is 16.2 Å². The molecule has 2 aliphatic heterocycles. The molecule has 61 heavy (non-hydrogen) atoms. The number of amides is 2. The smallest absolute Gasteiger partial charge is 0.261 e. The number of aromatic amines is 2. The van der Waals surface area contributed by atoms with Crippen molar-refractivity contribution >= 4 is 11.8 Å². The van der Waals surface area contributed by atoms with Gasteiger partial charge < -0.3 is 31.3 Å². The molecule has 7 N–H and O–H groups in total. The second-order valence-electron chi connectivity index (χ2n) is 19.8. The summed E-state index contributed by atoms with van der Waals surface area (Å²) in [5.41, 5.74) is 19.6. The van der Waals surface area contributed by atoms with Crippen LogP contribution in [0.5, 0.6) is 11.5 Å². The summed E-state index contributed by atoms with van der Waals surface area (Å²) in [6.07, 6.45) is 12.8. The van der Waals surface area contributed by atoms with Crippen molar-refractivity contribution in [3.8, 4) is 11.5 Å². The lowest BCUT2D eigenvalue weighted by atomic mass is 9.52. The van der Waals surface area contributed by atoms with E-state index in [-0.39, 0.29) is 27.5 Å². The molecule has 2 amide bonds. The first-order valence-corrected chi connectivity index (χ1v) is 22.5. The highest BCUT2D eigenvalue weighted by Gasteiger charge is 2.57. The molecule has 4 heterocycles. The first kappa shape index (κ1) is 38.7. The summed E-state index contributed by atoms with van der Waals surface area (Å²) < 4.78 is 5.59. The number of H-pyrrole nitrogens is 2. The number of hydrogen-bond donors (Lipinski definition) is 5. The molecule has 12 nitrogen and oxygen atoms in total. The fourth-order valence-electron chi connectivity index (χ4n) is 13.2. The van der Waals surface area contributed by atoms with Crippen LogP contribution in [0, 0.1) is 23.7 Å². The summed E-state index contributed by atoms with van der Waals surface area (Å²) in [6, 6.07) is 16.8. The Hall–Kier alpha value is -5.20. The van der Waals surface area contributed by atoms with Crippen LogP contribution in [0.15, 0.2) is 58.1 Å². The lowest BCUT2D eigenvalue weighted by molar-refractivity contribution is 0.00456. The van der Waals surface area contributed by atoms with Gasteiger partial charge in [0.25, 0.3) is 22.9 Å². The molecule has 12 rings (SSSR count). The zero-order valence-electron chi connectivity index (χ0n) is 34.9. The van der Waals surface area contributed by atoms with Gasteiger partial charge in [0.2, 0.25) is 0 Å². The third-order valence-corrected chi connectivity index (χ3v) is 16.5. The summed E-state index contributed by atoms with van der Waals surface area (Å²) >= 11 is 0. The quantitative estimate of drug-likeness (QED) is 0.185. The second-order valence-corrected chi connectivity index (χ2v) is 19.8. The van der Waals surface area contributed by atoms with E-state index < -0.39 is 17.4 Å². The van der Waals surface area contributed by atoms with E-state index >= 15 is 0 Å². The summed E-state index contributed by atoms with van der Waals surface area (Å²) in [7, 11) is 1.72. The number of benzene rings is 2. The van der Waals surface area contributed by atoms with Crippen LogP contribution < -0.4 is 27.3 Å². The monoisotopic (exact) mass is 824 g/mol. The van der Waals surface area contributed by atoms with Gasteiger partial charge in [0.05, 0.1) is 7.11 Å². The largest absolute Gasteiger partial charge is 0.508 e. The number of likely N-dealkylation sites (tertiary alicyclic amines) is 2. The zero-order valence-corrected chi connectivity index (χ0v) is 34.9. The Morgan fingerprint density at radius 3 is 1.62 bits per heavy atom. The van der Waals surface area contributed by atoms with Crippen LogP contribution in [0.2, 0.25) is 0 Å². The number of methoxy groups -OCH3 is 1. The summed E-state index contributed by atoms with van der Waals surface area (Å²) in [5.74, 6) is 2.44. The number of nitrogens with one attached hydrogen (secondary N) is 2. The van der Waals surface area contributed by atoms with Crippen molar-refractivity contribution in [2.75, 3.05) is 33.3 Å². The summed E-state index contributed by atoms with van der Waals surface area (Å²) in [6.45, 7) is 4.54. The molecule has 4 fully saturated rings. The lowest BCUT2D eigenvalue weighted by Crippen LogP contribution is -2.63. The molecule has 0 spiro atoms. The van der Waals surface area contributed by atoms with Crippen LogP contribution in [0.3, 0.4) is 0 Å². The molecule has 2 saturated carbocycles. The van der Waals surface area contributed by atoms with E-state index in [1.165, 1.54) is 61.0 Å². The third kappa shape index (κ3) is 6.38. The Morgan fingerprint density at radius 1 is 0.689 bits per heavy atom. The van der Waals surface area contributed by atoms with Gasteiger partial charge in [-0.05, 0) is 184 Å². The van der Waals surface area contributed by atoms with Crippen molar-refractivity contribution in [2.45, 2.75) is 100.0 Å². The summed E-state index contributed by atoms with van der Waals surface area (Å²) in [4.78, 5) is 59.9. The van der Waals surface area contributed by atoms with Gasteiger partial charge in [-0.2, -0.15) is 0 Å². The Kier molecular flexibility index (Phi) is 8.99. The molecule has 4 aromatic rings. The van der Waals surface area contributed by atoms with Crippen molar-refractivity contribution in [1.82, 2.24) is 19.8 Å². The van der Waals surface area contributed by atoms with Crippen molar-refractivity contribution in [2.24, 2.45) is 35.1 Å². The maximum atomic E-state index is 12.5. The van der Waals surface area contributed by atoms with Gasteiger partial charge in [-0.1, -0.05) is 12.1 Å². The van der Waals surface area contributed by atoms with Gasteiger partial charge in [0, 0.05) is 47.4 Å². The number of carbonyl (C=O) groups is 2. The Balaban J connectivity index is 0.000000138. The van der Waals surface area contributed by atoms with Crippen LogP contribution in [0.1, 0.15) is 104 Å². The van der Waals surface area contributed by atoms with Gasteiger partial charge >= 0.3 is 0 Å². The van der Waals surface area contributed by atoms with E-state index in [0.717, 1.165) is 105 Å². The minimum atomic E-state index is -0.672. The number of aromatic hydroxyl groups is 1. The molecule has 6 aliphatic carbocycles. The molecular formula is C49H56N6O6. The van der Waals surface area contributed by atoms with Gasteiger partial charge in [-0.25, -0.2) is 0 Å². The van der Waals surface area contributed by atoms with E-state index in [2.05, 4.69) is 44.0 Å². The second kappa shape index (κ2) is 14.2. The topological polar surface area (TPSA) is 188 Å². The average Bonchev–Trinajstić information content (AvgIpc) is 4.19. The van der Waals surface area contributed by atoms with E-state index in [9.17, 15) is 24.3 Å². The average molecular weight is 825 g/mol. The molecular weight excluding hydrogens is 769 g/mol. The highest BCUT2D eigenvalue weighted by Crippen LogP contribution is 2.57. The fraction of sp³-hybridized carbons (Fsp3) is 0.510. The van der Waals surface area contributed by atoms with Crippen LogP contribution in [0.25, 0.3) is 0 Å². The maximum Gasteiger partial charge on any atom is 0.261 e. The molecule has 318 valence electrons. The molecule has 4 bridgehead atoms. The minimum absolute atomic E-state index is 0.00296. The maximum absolute atomic E-state index is 12.5. The molecule has 6 atom stereocenters. The van der Waals surface area contributed by atoms with Crippen LogP contribution in [-0.4, -0.2) is 82.1 Å². The normalized spacial score (nSPS) is 29.3. The molecule has 2 saturated heterocycles. The number of nitrogens with two attached hydrogens (primary N) is 2. The van der Waals surface area contributed by atoms with Crippen molar-refractivity contribution in [3.63, 3.8) is 0 Å². The number of rotatable bonds is 7. The number of phenols is 1. The van der Waals surface area contributed by atoms with Crippen molar-refractivity contribution < 1.29 is 19.4 Å². The Bertz CT molecular complexity index is 2610. The van der Waals surface area contributed by atoms with Crippen molar-refractivity contribution in [1.29, 1.82) is 0 Å². The molecule has 0 radical (unpaired) electrons. The molecule has 8 aliphatic rings. The highest BCUT2D eigenvalue weighted by molar-refractivity contribution is 5.93. The number of ether oxygens (including phenoxy) is 1. The molecule has 12 heteroatoms. The van der Waals surface area contributed by atoms with E-state index in [1.807, 2.05) is 6.07 Å². The number of pyridine rings is 2. The number of carbonyl (C=O) groups excluding carboxylic acids is 2. The highest BCUT2D eigenvalue weighted by atomic mass is 16.5. The van der Waals surface area contributed by atoms with Gasteiger partial charge in [0.15, 0.2) is 0 Å². The third-order valence-electron chi connectivity index (χ3n) is 16.5. The number of nitrogens with zero attached hydrogens (tertiary/aromatic N) is 2. The number of aromatic nitrogens is 2. The molecule has 0 unspecified atom stereocenters. The number of piperidine rings is 2. The van der Waals surface area contributed by atoms with Crippen LogP contribution in [0.4, 0.5) is 0 Å².